The minimum absolute atomic E-state index is 0.619. The van der Waals surface area contributed by atoms with Crippen molar-refractivity contribution >= 4 is 11.8 Å². The quantitative estimate of drug-likeness (QED) is 0.777. The van der Waals surface area contributed by atoms with Crippen LogP contribution in [-0.2, 0) is 0 Å². The summed E-state index contributed by atoms with van der Waals surface area (Å²) in [5, 5.41) is 0. The van der Waals surface area contributed by atoms with Crippen LogP contribution in [0.1, 0.15) is 26.7 Å². The van der Waals surface area contributed by atoms with Crippen molar-refractivity contribution in [2.75, 3.05) is 31.1 Å². The third-order valence-corrected chi connectivity index (χ3v) is 3.84. The lowest BCUT2D eigenvalue weighted by molar-refractivity contribution is 0.191. The molecule has 0 bridgehead atoms. The Morgan fingerprint density at radius 1 is 1.29 bits per heavy atom. The molecule has 1 unspecified atom stereocenters. The topological polar surface area (TPSA) is 29.3 Å². The van der Waals surface area contributed by atoms with E-state index in [2.05, 4.69) is 30.5 Å². The molecule has 0 aromatic rings. The molecule has 1 heterocycles. The summed E-state index contributed by atoms with van der Waals surface area (Å²) in [6.07, 6.45) is 2.58. The molecule has 0 spiro atoms. The van der Waals surface area contributed by atoms with Crippen molar-refractivity contribution in [3.8, 4) is 0 Å². The predicted octanol–water partition coefficient (Wildman–Crippen LogP) is 1.80. The molecule has 1 atom stereocenters. The van der Waals surface area contributed by atoms with Gasteiger partial charge in [-0.15, -0.1) is 0 Å². The fourth-order valence-corrected chi connectivity index (χ4v) is 2.97. The van der Waals surface area contributed by atoms with Crippen molar-refractivity contribution in [3.05, 3.63) is 0 Å². The Labute approximate surface area is 92.6 Å². The number of nitrogens with zero attached hydrogens (tertiary/aromatic N) is 1. The summed E-state index contributed by atoms with van der Waals surface area (Å²) in [4.78, 5) is 2.60. The Hall–Kier alpha value is 0.270. The van der Waals surface area contributed by atoms with Gasteiger partial charge in [-0.1, -0.05) is 13.8 Å². The number of hydrogen-bond donors (Lipinski definition) is 1. The maximum Gasteiger partial charge on any atom is 0.0221 e. The molecule has 1 saturated heterocycles. The highest BCUT2D eigenvalue weighted by atomic mass is 32.2. The van der Waals surface area contributed by atoms with Crippen molar-refractivity contribution in [1.82, 2.24) is 4.90 Å². The summed E-state index contributed by atoms with van der Waals surface area (Å²) in [5.41, 5.74) is 5.85. The molecule has 1 rings (SSSR count). The Bertz CT molecular complexity index is 142. The molecular formula is C11H24N2S. The van der Waals surface area contributed by atoms with E-state index >= 15 is 0 Å². The highest BCUT2D eigenvalue weighted by molar-refractivity contribution is 7.99. The second-order valence-corrected chi connectivity index (χ2v) is 5.75. The van der Waals surface area contributed by atoms with Crippen LogP contribution in [0.3, 0.4) is 0 Å². The second kappa shape index (κ2) is 6.70. The van der Waals surface area contributed by atoms with Crippen molar-refractivity contribution < 1.29 is 0 Å². The van der Waals surface area contributed by atoms with Crippen LogP contribution >= 0.6 is 11.8 Å². The van der Waals surface area contributed by atoms with Gasteiger partial charge in [-0.25, -0.2) is 0 Å². The van der Waals surface area contributed by atoms with Gasteiger partial charge in [-0.3, -0.25) is 4.90 Å². The van der Waals surface area contributed by atoms with Gasteiger partial charge in [0.1, 0.15) is 0 Å². The van der Waals surface area contributed by atoms with Crippen LogP contribution in [0.15, 0.2) is 0 Å². The first-order valence-corrected chi connectivity index (χ1v) is 6.91. The molecule has 0 amide bonds. The van der Waals surface area contributed by atoms with E-state index in [4.69, 9.17) is 5.73 Å². The average molecular weight is 216 g/mol. The number of thioether (sulfide) groups is 1. The lowest BCUT2D eigenvalue weighted by Crippen LogP contribution is -2.42. The van der Waals surface area contributed by atoms with E-state index in [0.717, 1.165) is 12.5 Å². The molecule has 0 aliphatic carbocycles. The molecule has 0 aromatic heterocycles. The lowest BCUT2D eigenvalue weighted by atomic mass is 10.0. The van der Waals surface area contributed by atoms with E-state index < -0.39 is 0 Å². The van der Waals surface area contributed by atoms with Crippen LogP contribution in [-0.4, -0.2) is 42.1 Å². The van der Waals surface area contributed by atoms with E-state index in [-0.39, 0.29) is 0 Å². The van der Waals surface area contributed by atoms with Crippen molar-refractivity contribution in [2.24, 2.45) is 11.7 Å². The van der Waals surface area contributed by atoms with Gasteiger partial charge in [0, 0.05) is 24.9 Å². The van der Waals surface area contributed by atoms with Gasteiger partial charge in [0.05, 0.1) is 0 Å². The summed E-state index contributed by atoms with van der Waals surface area (Å²) >= 11 is 2.08. The number of rotatable bonds is 4. The largest absolute Gasteiger partial charge is 0.329 e. The summed E-state index contributed by atoms with van der Waals surface area (Å²) < 4.78 is 0. The molecule has 1 aliphatic heterocycles. The first-order chi connectivity index (χ1) is 6.74. The summed E-state index contributed by atoms with van der Waals surface area (Å²) in [5.74, 6) is 3.38. The Kier molecular flexibility index (Phi) is 5.90. The molecule has 0 aromatic carbocycles. The normalized spacial score (nSPS) is 22.3. The molecule has 84 valence electrons. The lowest BCUT2D eigenvalue weighted by Gasteiger charge is -2.30. The van der Waals surface area contributed by atoms with Gasteiger partial charge in [-0.2, -0.15) is 11.8 Å². The summed E-state index contributed by atoms with van der Waals surface area (Å²) in [6.45, 7) is 7.88. The fourth-order valence-electron chi connectivity index (χ4n) is 2.07. The SMILES string of the molecule is CC(C)CC(CN)N1CCCSCC1. The van der Waals surface area contributed by atoms with Gasteiger partial charge in [0.2, 0.25) is 0 Å². The van der Waals surface area contributed by atoms with Gasteiger partial charge in [0.15, 0.2) is 0 Å². The fraction of sp³-hybridized carbons (Fsp3) is 1.00. The Balaban J connectivity index is 2.40. The van der Waals surface area contributed by atoms with Crippen LogP contribution in [0, 0.1) is 5.92 Å². The summed E-state index contributed by atoms with van der Waals surface area (Å²) in [7, 11) is 0. The summed E-state index contributed by atoms with van der Waals surface area (Å²) in [6, 6.07) is 0.619. The zero-order valence-corrected chi connectivity index (χ0v) is 10.4. The standard InChI is InChI=1S/C11H24N2S/c1-10(2)8-11(9-12)13-4-3-6-14-7-5-13/h10-11H,3-9,12H2,1-2H3. The van der Waals surface area contributed by atoms with E-state index in [1.54, 1.807) is 0 Å². The minimum Gasteiger partial charge on any atom is -0.329 e. The number of nitrogens with two attached hydrogens (primary N) is 1. The van der Waals surface area contributed by atoms with Gasteiger partial charge < -0.3 is 5.73 Å². The van der Waals surface area contributed by atoms with Crippen LogP contribution in [0.2, 0.25) is 0 Å². The van der Waals surface area contributed by atoms with Gasteiger partial charge >= 0.3 is 0 Å². The maximum atomic E-state index is 5.85. The van der Waals surface area contributed by atoms with Crippen molar-refractivity contribution in [3.63, 3.8) is 0 Å². The molecule has 1 fully saturated rings. The van der Waals surface area contributed by atoms with E-state index in [9.17, 15) is 0 Å². The maximum absolute atomic E-state index is 5.85. The van der Waals surface area contributed by atoms with Crippen LogP contribution < -0.4 is 5.73 Å². The molecule has 2 N–H and O–H groups in total. The first kappa shape index (κ1) is 12.3. The molecule has 14 heavy (non-hydrogen) atoms. The monoisotopic (exact) mass is 216 g/mol. The Morgan fingerprint density at radius 2 is 2.07 bits per heavy atom. The van der Waals surface area contributed by atoms with Crippen molar-refractivity contribution in [2.45, 2.75) is 32.7 Å². The highest BCUT2D eigenvalue weighted by Crippen LogP contribution is 2.16. The number of hydrogen-bond acceptors (Lipinski definition) is 3. The Morgan fingerprint density at radius 3 is 2.71 bits per heavy atom. The van der Waals surface area contributed by atoms with Gasteiger partial charge in [0.25, 0.3) is 0 Å². The zero-order chi connectivity index (χ0) is 10.4. The third kappa shape index (κ3) is 4.20. The molecule has 1 aliphatic rings. The first-order valence-electron chi connectivity index (χ1n) is 5.76. The smallest absolute Gasteiger partial charge is 0.0221 e. The average Bonchev–Trinajstić information content (AvgIpc) is 2.41. The second-order valence-electron chi connectivity index (χ2n) is 4.52. The molecule has 0 saturated carbocycles. The molecule has 3 heteroatoms. The van der Waals surface area contributed by atoms with E-state index in [1.165, 1.54) is 37.4 Å². The molecule has 2 nitrogen and oxygen atoms in total. The molecular weight excluding hydrogens is 192 g/mol. The van der Waals surface area contributed by atoms with Crippen LogP contribution in [0.4, 0.5) is 0 Å². The highest BCUT2D eigenvalue weighted by Gasteiger charge is 2.19. The van der Waals surface area contributed by atoms with Crippen LogP contribution in [0.25, 0.3) is 0 Å². The van der Waals surface area contributed by atoms with E-state index in [1.807, 2.05) is 0 Å². The van der Waals surface area contributed by atoms with Crippen LogP contribution in [0.5, 0.6) is 0 Å². The van der Waals surface area contributed by atoms with E-state index in [0.29, 0.717) is 6.04 Å². The molecule has 0 radical (unpaired) electrons. The predicted molar refractivity (Wildman–Crippen MR) is 65.8 cm³/mol. The minimum atomic E-state index is 0.619. The van der Waals surface area contributed by atoms with Crippen molar-refractivity contribution in [1.29, 1.82) is 0 Å². The van der Waals surface area contributed by atoms with Gasteiger partial charge in [-0.05, 0) is 31.1 Å². The third-order valence-electron chi connectivity index (χ3n) is 2.79. The zero-order valence-electron chi connectivity index (χ0n) is 9.54.